The average molecular weight is 202 g/mol. The Morgan fingerprint density at radius 2 is 1.43 bits per heavy atom. The minimum Gasteiger partial charge on any atom is -0.376 e. The lowest BCUT2D eigenvalue weighted by Gasteiger charge is -2.26. The minimum absolute atomic E-state index is 0.0402. The van der Waals surface area contributed by atoms with Gasteiger partial charge in [-0.1, -0.05) is 0 Å². The van der Waals surface area contributed by atoms with Crippen LogP contribution in [0.2, 0.25) is 0 Å². The predicted octanol–water partition coefficient (Wildman–Crippen LogP) is 3.40. The first-order valence-corrected chi connectivity index (χ1v) is 5.42. The Balaban J connectivity index is 3.60. The van der Waals surface area contributed by atoms with Crippen LogP contribution in [0, 0.1) is 0 Å². The van der Waals surface area contributed by atoms with Crippen LogP contribution in [0.5, 0.6) is 0 Å². The van der Waals surface area contributed by atoms with Crippen LogP contribution in [-0.2, 0) is 9.47 Å². The third-order valence-corrected chi connectivity index (χ3v) is 1.61. The molecule has 0 unspecified atom stereocenters. The van der Waals surface area contributed by atoms with Crippen LogP contribution in [0.3, 0.4) is 0 Å². The second kappa shape index (κ2) is 5.13. The maximum Gasteiger partial charge on any atom is 0.0602 e. The molecule has 2 heteroatoms. The maximum absolute atomic E-state index is 5.77. The summed E-state index contributed by atoms with van der Waals surface area (Å²) in [7, 11) is 0. The lowest BCUT2D eigenvalue weighted by molar-refractivity contribution is -0.0761. The van der Waals surface area contributed by atoms with E-state index in [1.807, 2.05) is 0 Å². The number of hydrogen-bond donors (Lipinski definition) is 0. The van der Waals surface area contributed by atoms with Gasteiger partial charge >= 0.3 is 0 Å². The SMILES string of the molecule is C[C@@H](CCOC(C)(C)C)OC(C)(C)C. The Morgan fingerprint density at radius 3 is 1.79 bits per heavy atom. The van der Waals surface area contributed by atoms with E-state index in [-0.39, 0.29) is 17.3 Å². The lowest BCUT2D eigenvalue weighted by atomic mass is 10.1. The first-order valence-electron chi connectivity index (χ1n) is 5.42. The van der Waals surface area contributed by atoms with E-state index >= 15 is 0 Å². The van der Waals surface area contributed by atoms with Gasteiger partial charge in [-0.15, -0.1) is 0 Å². The van der Waals surface area contributed by atoms with E-state index in [9.17, 15) is 0 Å². The van der Waals surface area contributed by atoms with Gasteiger partial charge in [0.05, 0.1) is 17.3 Å². The zero-order valence-corrected chi connectivity index (χ0v) is 10.8. The van der Waals surface area contributed by atoms with Crippen LogP contribution in [0.1, 0.15) is 54.9 Å². The van der Waals surface area contributed by atoms with Gasteiger partial charge in [-0.2, -0.15) is 0 Å². The molecule has 1 atom stereocenters. The van der Waals surface area contributed by atoms with E-state index in [0.717, 1.165) is 13.0 Å². The second-order valence-electron chi connectivity index (χ2n) is 5.79. The highest BCUT2D eigenvalue weighted by atomic mass is 16.5. The van der Waals surface area contributed by atoms with Crippen molar-refractivity contribution in [2.45, 2.75) is 72.2 Å². The summed E-state index contributed by atoms with van der Waals surface area (Å²) < 4.78 is 11.4. The van der Waals surface area contributed by atoms with Gasteiger partial charge in [0.2, 0.25) is 0 Å². The molecule has 0 rings (SSSR count). The molecule has 0 fully saturated rings. The molecule has 0 saturated carbocycles. The fraction of sp³-hybridized carbons (Fsp3) is 1.00. The van der Waals surface area contributed by atoms with E-state index < -0.39 is 0 Å². The van der Waals surface area contributed by atoms with Crippen molar-refractivity contribution in [3.63, 3.8) is 0 Å². The molecule has 0 aliphatic heterocycles. The highest BCUT2D eigenvalue weighted by Crippen LogP contribution is 2.14. The fourth-order valence-electron chi connectivity index (χ4n) is 1.19. The number of hydrogen-bond acceptors (Lipinski definition) is 2. The topological polar surface area (TPSA) is 18.5 Å². The zero-order chi connectivity index (χ0) is 11.4. The van der Waals surface area contributed by atoms with Crippen molar-refractivity contribution in [1.29, 1.82) is 0 Å². The van der Waals surface area contributed by atoms with E-state index in [1.54, 1.807) is 0 Å². The summed E-state index contributed by atoms with van der Waals surface area (Å²) in [5.74, 6) is 0. The minimum atomic E-state index is -0.0544. The third-order valence-electron chi connectivity index (χ3n) is 1.61. The summed E-state index contributed by atoms with van der Waals surface area (Å²) in [6.45, 7) is 15.3. The van der Waals surface area contributed by atoms with Gasteiger partial charge in [0.25, 0.3) is 0 Å². The van der Waals surface area contributed by atoms with Gasteiger partial charge in [-0.25, -0.2) is 0 Å². The Morgan fingerprint density at radius 1 is 0.929 bits per heavy atom. The molecule has 14 heavy (non-hydrogen) atoms. The Kier molecular flexibility index (Phi) is 5.10. The molecule has 0 heterocycles. The van der Waals surface area contributed by atoms with Crippen molar-refractivity contribution in [2.75, 3.05) is 6.61 Å². The maximum atomic E-state index is 5.77. The molecule has 86 valence electrons. The first kappa shape index (κ1) is 13.9. The summed E-state index contributed by atoms with van der Waals surface area (Å²) in [5.41, 5.74) is -0.0946. The molecular weight excluding hydrogens is 176 g/mol. The Hall–Kier alpha value is -0.0800. The molecule has 0 aromatic carbocycles. The van der Waals surface area contributed by atoms with Crippen molar-refractivity contribution in [3.05, 3.63) is 0 Å². The molecule has 0 amide bonds. The largest absolute Gasteiger partial charge is 0.376 e. The lowest BCUT2D eigenvalue weighted by Crippen LogP contribution is -2.28. The normalized spacial score (nSPS) is 15.6. The van der Waals surface area contributed by atoms with Gasteiger partial charge in [0.15, 0.2) is 0 Å². The van der Waals surface area contributed by atoms with E-state index in [2.05, 4.69) is 48.5 Å². The molecular formula is C12H26O2. The predicted molar refractivity (Wildman–Crippen MR) is 60.6 cm³/mol. The molecule has 0 aliphatic carbocycles. The van der Waals surface area contributed by atoms with Crippen LogP contribution in [0.4, 0.5) is 0 Å². The first-order chi connectivity index (χ1) is 6.10. The van der Waals surface area contributed by atoms with Gasteiger partial charge in [0, 0.05) is 6.61 Å². The standard InChI is InChI=1S/C12H26O2/c1-10(14-12(5,6)7)8-9-13-11(2,3)4/h10H,8-9H2,1-7H3/t10-/m0/s1. The molecule has 0 saturated heterocycles. The quantitative estimate of drug-likeness (QED) is 0.695. The fourth-order valence-corrected chi connectivity index (χ4v) is 1.19. The highest BCUT2D eigenvalue weighted by molar-refractivity contribution is 4.64. The van der Waals surface area contributed by atoms with E-state index in [0.29, 0.717) is 0 Å². The van der Waals surface area contributed by atoms with Crippen molar-refractivity contribution < 1.29 is 9.47 Å². The molecule has 0 aromatic heterocycles. The van der Waals surface area contributed by atoms with Crippen molar-refractivity contribution >= 4 is 0 Å². The monoisotopic (exact) mass is 202 g/mol. The van der Waals surface area contributed by atoms with Crippen LogP contribution in [0.15, 0.2) is 0 Å². The van der Waals surface area contributed by atoms with E-state index in [4.69, 9.17) is 9.47 Å². The van der Waals surface area contributed by atoms with Crippen LogP contribution in [0.25, 0.3) is 0 Å². The molecule has 0 aromatic rings. The molecule has 0 spiro atoms. The zero-order valence-electron chi connectivity index (χ0n) is 10.8. The van der Waals surface area contributed by atoms with Crippen molar-refractivity contribution in [1.82, 2.24) is 0 Å². The summed E-state index contributed by atoms with van der Waals surface area (Å²) in [4.78, 5) is 0. The van der Waals surface area contributed by atoms with Gasteiger partial charge in [0.1, 0.15) is 0 Å². The second-order valence-corrected chi connectivity index (χ2v) is 5.79. The van der Waals surface area contributed by atoms with E-state index in [1.165, 1.54) is 0 Å². The van der Waals surface area contributed by atoms with Crippen LogP contribution < -0.4 is 0 Å². The Bertz CT molecular complexity index is 151. The van der Waals surface area contributed by atoms with Crippen LogP contribution in [-0.4, -0.2) is 23.9 Å². The number of rotatable bonds is 4. The smallest absolute Gasteiger partial charge is 0.0602 e. The summed E-state index contributed by atoms with van der Waals surface area (Å²) in [6, 6.07) is 0. The molecule has 0 N–H and O–H groups in total. The summed E-state index contributed by atoms with van der Waals surface area (Å²) in [5, 5.41) is 0. The Labute approximate surface area is 89.0 Å². The van der Waals surface area contributed by atoms with Gasteiger partial charge in [-0.3, -0.25) is 0 Å². The highest BCUT2D eigenvalue weighted by Gasteiger charge is 2.16. The third kappa shape index (κ3) is 10.0. The van der Waals surface area contributed by atoms with Crippen LogP contribution >= 0.6 is 0 Å². The molecule has 0 radical (unpaired) electrons. The van der Waals surface area contributed by atoms with Crippen molar-refractivity contribution in [3.8, 4) is 0 Å². The van der Waals surface area contributed by atoms with Crippen molar-refractivity contribution in [2.24, 2.45) is 0 Å². The summed E-state index contributed by atoms with van der Waals surface area (Å²) in [6.07, 6.45) is 1.21. The molecule has 0 bridgehead atoms. The van der Waals surface area contributed by atoms with Gasteiger partial charge < -0.3 is 9.47 Å². The number of ether oxygens (including phenoxy) is 2. The summed E-state index contributed by atoms with van der Waals surface area (Å²) >= 11 is 0. The molecule has 2 nitrogen and oxygen atoms in total. The van der Waals surface area contributed by atoms with Gasteiger partial charge in [-0.05, 0) is 54.9 Å². The average Bonchev–Trinajstić information content (AvgIpc) is 1.78. The molecule has 0 aliphatic rings.